The van der Waals surface area contributed by atoms with Crippen LogP contribution in [0.5, 0.6) is 0 Å². The van der Waals surface area contributed by atoms with Gasteiger partial charge in [0.1, 0.15) is 6.54 Å². The molecule has 0 bridgehead atoms. The number of ether oxygens (including phenoxy) is 1. The average Bonchev–Trinajstić information content (AvgIpc) is 3.18. The molecule has 2 atom stereocenters. The van der Waals surface area contributed by atoms with E-state index >= 15 is 0 Å². The third-order valence-electron chi connectivity index (χ3n) is 4.76. The first-order chi connectivity index (χ1) is 11.5. The van der Waals surface area contributed by atoms with Crippen molar-refractivity contribution >= 4 is 11.9 Å². The predicted octanol–water partition coefficient (Wildman–Crippen LogP) is 1.57. The van der Waals surface area contributed by atoms with Crippen LogP contribution in [0.1, 0.15) is 39.5 Å². The molecule has 0 saturated carbocycles. The molecule has 2 unspecified atom stereocenters. The Hall–Kier alpha value is -1.30. The number of rotatable bonds is 6. The van der Waals surface area contributed by atoms with Crippen LogP contribution >= 0.6 is 0 Å². The van der Waals surface area contributed by atoms with Gasteiger partial charge < -0.3 is 19.9 Å². The summed E-state index contributed by atoms with van der Waals surface area (Å²) in [5.41, 5.74) is 0. The quantitative estimate of drug-likeness (QED) is 0.590. The van der Waals surface area contributed by atoms with Gasteiger partial charge in [0.15, 0.2) is 5.96 Å². The van der Waals surface area contributed by atoms with Gasteiger partial charge in [-0.3, -0.25) is 4.79 Å². The minimum Gasteiger partial charge on any atom is -0.376 e. The normalized spacial score (nSPS) is 24.7. The van der Waals surface area contributed by atoms with Crippen molar-refractivity contribution in [2.24, 2.45) is 16.8 Å². The first-order valence-corrected chi connectivity index (χ1v) is 9.30. The first-order valence-electron chi connectivity index (χ1n) is 9.30. The zero-order chi connectivity index (χ0) is 17.5. The van der Waals surface area contributed by atoms with Gasteiger partial charge in [-0.25, -0.2) is 4.99 Å². The van der Waals surface area contributed by atoms with Crippen molar-refractivity contribution in [3.63, 3.8) is 0 Å². The number of likely N-dealkylation sites (tertiary alicyclic amines) is 1. The van der Waals surface area contributed by atoms with Crippen LogP contribution in [0.4, 0.5) is 0 Å². The molecule has 0 aromatic carbocycles. The molecule has 1 amide bonds. The molecule has 6 heteroatoms. The van der Waals surface area contributed by atoms with E-state index in [2.05, 4.69) is 29.1 Å². The molecule has 0 aromatic heterocycles. The van der Waals surface area contributed by atoms with Crippen LogP contribution in [0.3, 0.4) is 0 Å². The van der Waals surface area contributed by atoms with E-state index in [0.717, 1.165) is 56.9 Å². The lowest BCUT2D eigenvalue weighted by atomic mass is 9.97. The van der Waals surface area contributed by atoms with Gasteiger partial charge in [0.2, 0.25) is 5.91 Å². The van der Waals surface area contributed by atoms with Crippen LogP contribution in [-0.2, 0) is 9.53 Å². The Morgan fingerprint density at radius 3 is 2.79 bits per heavy atom. The van der Waals surface area contributed by atoms with E-state index in [-0.39, 0.29) is 18.6 Å². The van der Waals surface area contributed by atoms with Crippen molar-refractivity contribution in [3.05, 3.63) is 0 Å². The summed E-state index contributed by atoms with van der Waals surface area (Å²) in [6, 6.07) is 0. The van der Waals surface area contributed by atoms with Gasteiger partial charge in [-0.1, -0.05) is 13.8 Å². The van der Waals surface area contributed by atoms with Crippen LogP contribution in [0, 0.1) is 11.8 Å². The predicted molar refractivity (Wildman–Crippen MR) is 97.1 cm³/mol. The highest BCUT2D eigenvalue weighted by Crippen LogP contribution is 2.23. The molecule has 138 valence electrons. The Bertz CT molecular complexity index is 431. The van der Waals surface area contributed by atoms with E-state index in [1.807, 2.05) is 0 Å². The van der Waals surface area contributed by atoms with Gasteiger partial charge >= 0.3 is 0 Å². The minimum absolute atomic E-state index is 0.0318. The molecule has 2 rings (SSSR count). The summed E-state index contributed by atoms with van der Waals surface area (Å²) in [5.74, 6) is 2.35. The monoisotopic (exact) mass is 338 g/mol. The number of nitrogens with zero attached hydrogens (tertiary/aromatic N) is 3. The molecule has 0 aliphatic carbocycles. The smallest absolute Gasteiger partial charge is 0.243 e. The third-order valence-corrected chi connectivity index (χ3v) is 4.76. The summed E-state index contributed by atoms with van der Waals surface area (Å²) < 4.78 is 5.69. The number of guanidine groups is 1. The lowest BCUT2D eigenvalue weighted by molar-refractivity contribution is -0.127. The summed E-state index contributed by atoms with van der Waals surface area (Å²) in [4.78, 5) is 20.4. The second-order valence-electron chi connectivity index (χ2n) is 7.67. The lowest BCUT2D eigenvalue weighted by Gasteiger charge is -2.24. The Balaban J connectivity index is 1.93. The summed E-state index contributed by atoms with van der Waals surface area (Å²) in [6.45, 7) is 8.45. The fourth-order valence-corrected chi connectivity index (χ4v) is 3.45. The number of nitrogens with one attached hydrogen (secondary N) is 1. The molecule has 2 aliphatic rings. The Morgan fingerprint density at radius 1 is 1.38 bits per heavy atom. The Morgan fingerprint density at radius 2 is 2.17 bits per heavy atom. The fourth-order valence-electron chi connectivity index (χ4n) is 3.45. The molecule has 0 aromatic rings. The van der Waals surface area contributed by atoms with E-state index < -0.39 is 0 Å². The molecular formula is C18H34N4O2. The van der Waals surface area contributed by atoms with Crippen molar-refractivity contribution < 1.29 is 9.53 Å². The maximum Gasteiger partial charge on any atom is 0.243 e. The van der Waals surface area contributed by atoms with Crippen LogP contribution in [-0.4, -0.2) is 74.7 Å². The Kier molecular flexibility index (Phi) is 7.34. The van der Waals surface area contributed by atoms with Gasteiger partial charge in [-0.05, 0) is 37.5 Å². The van der Waals surface area contributed by atoms with Crippen LogP contribution in [0.2, 0.25) is 0 Å². The molecule has 1 N–H and O–H groups in total. The number of carbonyl (C=O) groups excluding carboxylic acids is 1. The summed E-state index contributed by atoms with van der Waals surface area (Å²) in [5, 5.41) is 3.45. The third kappa shape index (κ3) is 5.96. The topological polar surface area (TPSA) is 57.2 Å². The minimum atomic E-state index is 0.0318. The zero-order valence-electron chi connectivity index (χ0n) is 15.8. The van der Waals surface area contributed by atoms with E-state index in [9.17, 15) is 4.79 Å². The second-order valence-corrected chi connectivity index (χ2v) is 7.67. The lowest BCUT2D eigenvalue weighted by Crippen LogP contribution is -2.43. The maximum atomic E-state index is 11.9. The standard InChI is InChI=1S/C18H34N4O2/c1-14(2)10-15-7-8-22(13-15)18(20-12-17(23)21(3)4)19-11-16-6-5-9-24-16/h14-16H,5-13H2,1-4H3,(H,19,20). The number of amides is 1. The largest absolute Gasteiger partial charge is 0.376 e. The van der Waals surface area contributed by atoms with Gasteiger partial charge in [-0.2, -0.15) is 0 Å². The zero-order valence-corrected chi connectivity index (χ0v) is 15.8. The van der Waals surface area contributed by atoms with Crippen molar-refractivity contribution in [2.75, 3.05) is 46.9 Å². The number of carbonyl (C=O) groups is 1. The summed E-state index contributed by atoms with van der Waals surface area (Å²) >= 11 is 0. The van der Waals surface area contributed by atoms with Gasteiger partial charge in [0.25, 0.3) is 0 Å². The molecule has 0 radical (unpaired) electrons. The van der Waals surface area contributed by atoms with Crippen molar-refractivity contribution in [1.82, 2.24) is 15.1 Å². The highest BCUT2D eigenvalue weighted by Gasteiger charge is 2.26. The SMILES string of the molecule is CC(C)CC1CCN(C(=NCC(=O)N(C)C)NCC2CCCO2)C1. The second kappa shape index (κ2) is 9.25. The summed E-state index contributed by atoms with van der Waals surface area (Å²) in [6.07, 6.45) is 4.98. The average molecular weight is 338 g/mol. The van der Waals surface area contributed by atoms with Crippen LogP contribution in [0.15, 0.2) is 4.99 Å². The molecule has 2 fully saturated rings. The van der Waals surface area contributed by atoms with Crippen LogP contribution in [0.25, 0.3) is 0 Å². The number of aliphatic imine (C=N–C) groups is 1. The van der Waals surface area contributed by atoms with Crippen molar-refractivity contribution in [1.29, 1.82) is 0 Å². The molecular weight excluding hydrogens is 304 g/mol. The summed E-state index contributed by atoms with van der Waals surface area (Å²) in [7, 11) is 3.54. The Labute approximate surface area is 146 Å². The highest BCUT2D eigenvalue weighted by atomic mass is 16.5. The van der Waals surface area contributed by atoms with Gasteiger partial charge in [0.05, 0.1) is 6.10 Å². The van der Waals surface area contributed by atoms with Gasteiger partial charge in [0, 0.05) is 40.3 Å². The van der Waals surface area contributed by atoms with Crippen molar-refractivity contribution in [3.8, 4) is 0 Å². The molecule has 6 nitrogen and oxygen atoms in total. The van der Waals surface area contributed by atoms with Gasteiger partial charge in [-0.15, -0.1) is 0 Å². The maximum absolute atomic E-state index is 11.9. The number of likely N-dealkylation sites (N-methyl/N-ethyl adjacent to an activating group) is 1. The molecule has 2 aliphatic heterocycles. The molecule has 0 spiro atoms. The number of hydrogen-bond acceptors (Lipinski definition) is 3. The molecule has 24 heavy (non-hydrogen) atoms. The van der Waals surface area contributed by atoms with Crippen LogP contribution < -0.4 is 5.32 Å². The molecule has 2 saturated heterocycles. The first kappa shape index (κ1) is 19.0. The van der Waals surface area contributed by atoms with E-state index in [1.54, 1.807) is 19.0 Å². The molecule has 2 heterocycles. The number of hydrogen-bond donors (Lipinski definition) is 1. The van der Waals surface area contributed by atoms with Crippen molar-refractivity contribution in [2.45, 2.75) is 45.6 Å². The highest BCUT2D eigenvalue weighted by molar-refractivity contribution is 5.85. The van der Waals surface area contributed by atoms with E-state index in [1.165, 1.54) is 12.8 Å². The van der Waals surface area contributed by atoms with E-state index in [4.69, 9.17) is 4.74 Å². The fraction of sp³-hybridized carbons (Fsp3) is 0.889. The van der Waals surface area contributed by atoms with E-state index in [0.29, 0.717) is 0 Å².